The van der Waals surface area contributed by atoms with Gasteiger partial charge in [-0.25, -0.2) is 0 Å². The molecule has 9 nitrogen and oxygen atoms in total. The van der Waals surface area contributed by atoms with E-state index in [0.29, 0.717) is 35.8 Å². The van der Waals surface area contributed by atoms with Crippen molar-refractivity contribution in [3.05, 3.63) is 35.4 Å². The molecule has 0 fully saturated rings. The van der Waals surface area contributed by atoms with Crippen LogP contribution in [0.3, 0.4) is 0 Å². The minimum atomic E-state index is -0.885. The number of carboxylic acid groups (broad SMARTS) is 1. The molecule has 29 heavy (non-hydrogen) atoms. The molecule has 1 aromatic heterocycles. The second-order valence-electron chi connectivity index (χ2n) is 6.68. The lowest BCUT2D eigenvalue weighted by atomic mass is 10.1. The zero-order chi connectivity index (χ0) is 20.8. The van der Waals surface area contributed by atoms with Crippen LogP contribution in [0.5, 0.6) is 11.8 Å². The largest absolute Gasteiger partial charge is 0.492 e. The molecule has 3 N–H and O–H groups in total. The SMILES string of the molecule is CCCCOc1nc(N)c2c(n1)N(CCOc1ccc(CC(=O)O)cc1)C(=O)C2. The van der Waals surface area contributed by atoms with Crippen LogP contribution in [0, 0.1) is 0 Å². The van der Waals surface area contributed by atoms with Crippen molar-refractivity contribution in [2.75, 3.05) is 30.4 Å². The van der Waals surface area contributed by atoms with Gasteiger partial charge in [0, 0.05) is 5.56 Å². The van der Waals surface area contributed by atoms with Gasteiger partial charge < -0.3 is 20.3 Å². The Bertz CT molecular complexity index is 885. The fourth-order valence-electron chi connectivity index (χ4n) is 2.96. The number of fused-ring (bicyclic) bond motifs is 1. The van der Waals surface area contributed by atoms with Crippen molar-refractivity contribution < 1.29 is 24.2 Å². The van der Waals surface area contributed by atoms with Crippen LogP contribution in [0.25, 0.3) is 0 Å². The van der Waals surface area contributed by atoms with Gasteiger partial charge in [0.15, 0.2) is 0 Å². The molecule has 9 heteroatoms. The lowest BCUT2D eigenvalue weighted by Gasteiger charge is -2.17. The summed E-state index contributed by atoms with van der Waals surface area (Å²) in [5, 5.41) is 8.81. The average molecular weight is 400 g/mol. The smallest absolute Gasteiger partial charge is 0.320 e. The summed E-state index contributed by atoms with van der Waals surface area (Å²) < 4.78 is 11.2. The number of aliphatic carboxylic acids is 1. The van der Waals surface area contributed by atoms with Crippen LogP contribution in [0.2, 0.25) is 0 Å². The Hall–Kier alpha value is -3.36. The summed E-state index contributed by atoms with van der Waals surface area (Å²) in [6, 6.07) is 6.99. The molecule has 154 valence electrons. The highest BCUT2D eigenvalue weighted by molar-refractivity contribution is 6.01. The van der Waals surface area contributed by atoms with Gasteiger partial charge in [-0.1, -0.05) is 25.5 Å². The Balaban J connectivity index is 1.62. The highest BCUT2D eigenvalue weighted by Gasteiger charge is 2.32. The zero-order valence-corrected chi connectivity index (χ0v) is 16.3. The predicted octanol–water partition coefficient (Wildman–Crippen LogP) is 1.83. The molecular weight excluding hydrogens is 376 g/mol. The monoisotopic (exact) mass is 400 g/mol. The number of carboxylic acids is 1. The molecule has 1 aromatic carbocycles. The summed E-state index contributed by atoms with van der Waals surface area (Å²) in [4.78, 5) is 33.1. The van der Waals surface area contributed by atoms with Crippen molar-refractivity contribution in [1.29, 1.82) is 0 Å². The van der Waals surface area contributed by atoms with E-state index in [-0.39, 0.29) is 37.2 Å². The molecule has 0 unspecified atom stereocenters. The van der Waals surface area contributed by atoms with Crippen molar-refractivity contribution in [2.45, 2.75) is 32.6 Å². The number of carbonyl (C=O) groups is 2. The number of hydrogen-bond acceptors (Lipinski definition) is 7. The van der Waals surface area contributed by atoms with Gasteiger partial charge in [-0.3, -0.25) is 14.5 Å². The lowest BCUT2D eigenvalue weighted by molar-refractivity contribution is -0.136. The van der Waals surface area contributed by atoms with Crippen molar-refractivity contribution in [3.63, 3.8) is 0 Å². The molecule has 1 amide bonds. The van der Waals surface area contributed by atoms with Crippen LogP contribution in [0.15, 0.2) is 24.3 Å². The fraction of sp³-hybridized carbons (Fsp3) is 0.400. The average Bonchev–Trinajstić information content (AvgIpc) is 2.99. The van der Waals surface area contributed by atoms with E-state index >= 15 is 0 Å². The number of carbonyl (C=O) groups excluding carboxylic acids is 1. The van der Waals surface area contributed by atoms with Gasteiger partial charge in [-0.2, -0.15) is 9.97 Å². The van der Waals surface area contributed by atoms with Crippen LogP contribution in [-0.4, -0.2) is 46.7 Å². The molecule has 1 aliphatic rings. The minimum Gasteiger partial charge on any atom is -0.492 e. The molecule has 0 radical (unpaired) electrons. The standard InChI is InChI=1S/C20H24N4O5/c1-2-3-9-29-20-22-18(21)15-12-16(25)24(19(15)23-20)8-10-28-14-6-4-13(5-7-14)11-17(26)27/h4-7H,2-3,8-12H2,1H3,(H,26,27)(H2,21,22,23). The molecule has 2 aromatic rings. The number of amides is 1. The number of nitrogens with two attached hydrogens (primary N) is 1. The first-order chi connectivity index (χ1) is 14.0. The Morgan fingerprint density at radius 3 is 2.66 bits per heavy atom. The molecule has 0 spiro atoms. The number of ether oxygens (including phenoxy) is 2. The minimum absolute atomic E-state index is 0.0386. The molecule has 1 aliphatic heterocycles. The van der Waals surface area contributed by atoms with E-state index in [4.69, 9.17) is 20.3 Å². The van der Waals surface area contributed by atoms with E-state index in [1.54, 1.807) is 24.3 Å². The third kappa shape index (κ3) is 5.13. The molecule has 0 atom stereocenters. The zero-order valence-electron chi connectivity index (χ0n) is 16.3. The van der Waals surface area contributed by atoms with Crippen molar-refractivity contribution in [1.82, 2.24) is 9.97 Å². The summed E-state index contributed by atoms with van der Waals surface area (Å²) >= 11 is 0. The van der Waals surface area contributed by atoms with Gasteiger partial charge in [0.2, 0.25) is 5.91 Å². The first-order valence-corrected chi connectivity index (χ1v) is 9.51. The van der Waals surface area contributed by atoms with Gasteiger partial charge in [-0.15, -0.1) is 0 Å². The Morgan fingerprint density at radius 2 is 1.97 bits per heavy atom. The summed E-state index contributed by atoms with van der Waals surface area (Å²) in [7, 11) is 0. The van der Waals surface area contributed by atoms with E-state index < -0.39 is 5.97 Å². The number of rotatable bonds is 10. The molecule has 2 heterocycles. The number of benzene rings is 1. The van der Waals surface area contributed by atoms with Crippen molar-refractivity contribution in [2.24, 2.45) is 0 Å². The lowest BCUT2D eigenvalue weighted by Crippen LogP contribution is -2.31. The molecule has 0 aliphatic carbocycles. The van der Waals surface area contributed by atoms with Gasteiger partial charge in [-0.05, 0) is 24.1 Å². The molecule has 0 bridgehead atoms. The highest BCUT2D eigenvalue weighted by atomic mass is 16.5. The van der Waals surface area contributed by atoms with Crippen LogP contribution in [-0.2, 0) is 22.4 Å². The summed E-state index contributed by atoms with van der Waals surface area (Å²) in [5.41, 5.74) is 7.28. The van der Waals surface area contributed by atoms with Gasteiger partial charge in [0.25, 0.3) is 0 Å². The number of nitrogen functional groups attached to an aromatic ring is 1. The van der Waals surface area contributed by atoms with E-state index in [9.17, 15) is 9.59 Å². The Kier molecular flexibility index (Phi) is 6.48. The van der Waals surface area contributed by atoms with E-state index in [0.717, 1.165) is 12.8 Å². The third-order valence-electron chi connectivity index (χ3n) is 4.47. The Labute approximate surface area is 168 Å². The maximum Gasteiger partial charge on any atom is 0.320 e. The maximum atomic E-state index is 12.4. The number of aromatic nitrogens is 2. The molecule has 0 saturated heterocycles. The summed E-state index contributed by atoms with van der Waals surface area (Å²) in [6.07, 6.45) is 1.98. The Morgan fingerprint density at radius 1 is 1.21 bits per heavy atom. The predicted molar refractivity (Wildman–Crippen MR) is 106 cm³/mol. The van der Waals surface area contributed by atoms with Gasteiger partial charge >= 0.3 is 12.0 Å². The molecule has 0 saturated carbocycles. The first kappa shape index (κ1) is 20.4. The van der Waals surface area contributed by atoms with Gasteiger partial charge in [0.05, 0.1) is 26.0 Å². The topological polar surface area (TPSA) is 128 Å². The third-order valence-corrected chi connectivity index (χ3v) is 4.47. The van der Waals surface area contributed by atoms with E-state index in [1.807, 2.05) is 0 Å². The first-order valence-electron chi connectivity index (χ1n) is 9.51. The number of anilines is 2. The molecular formula is C20H24N4O5. The number of hydrogen-bond donors (Lipinski definition) is 2. The van der Waals surface area contributed by atoms with Gasteiger partial charge in [0.1, 0.15) is 24.0 Å². The van der Waals surface area contributed by atoms with Crippen LogP contribution in [0.1, 0.15) is 30.9 Å². The van der Waals surface area contributed by atoms with E-state index in [1.165, 1.54) is 4.90 Å². The summed E-state index contributed by atoms with van der Waals surface area (Å²) in [5.74, 6) is 0.315. The molecule has 3 rings (SSSR count). The number of unbranched alkanes of at least 4 members (excludes halogenated alkanes) is 1. The second-order valence-corrected chi connectivity index (χ2v) is 6.68. The second kappa shape index (κ2) is 9.22. The van der Waals surface area contributed by atoms with Crippen molar-refractivity contribution >= 4 is 23.5 Å². The van der Waals surface area contributed by atoms with Crippen molar-refractivity contribution in [3.8, 4) is 11.8 Å². The summed E-state index contributed by atoms with van der Waals surface area (Å²) in [6.45, 7) is 3.10. The van der Waals surface area contributed by atoms with E-state index in [2.05, 4.69) is 16.9 Å². The fourth-order valence-corrected chi connectivity index (χ4v) is 2.96. The maximum absolute atomic E-state index is 12.4. The van der Waals surface area contributed by atoms with Crippen LogP contribution >= 0.6 is 0 Å². The van der Waals surface area contributed by atoms with Crippen LogP contribution < -0.4 is 20.1 Å². The normalized spacial score (nSPS) is 12.7. The quantitative estimate of drug-likeness (QED) is 0.578. The highest BCUT2D eigenvalue weighted by Crippen LogP contribution is 2.31. The van der Waals surface area contributed by atoms with Crippen LogP contribution in [0.4, 0.5) is 11.6 Å². The number of nitrogens with zero attached hydrogens (tertiary/aromatic N) is 3.